The Hall–Kier alpha value is -5.24. The van der Waals surface area contributed by atoms with Crippen LogP contribution in [-0.2, 0) is 56.7 Å². The average Bonchev–Trinajstić information content (AvgIpc) is 3.55. The lowest BCUT2D eigenvalue weighted by Crippen LogP contribution is -2.52. The number of hydrogen-bond donors (Lipinski definition) is 5. The topological polar surface area (TPSA) is 258 Å². The van der Waals surface area contributed by atoms with E-state index in [-0.39, 0.29) is 89.0 Å². The Balaban J connectivity index is 0.000000271. The molecular formula is C58H70Br4N6O12S2. The first kappa shape index (κ1) is 71.0. The van der Waals surface area contributed by atoms with Gasteiger partial charge in [0.2, 0.25) is 35.4 Å². The van der Waals surface area contributed by atoms with E-state index in [2.05, 4.69) is 143 Å². The van der Waals surface area contributed by atoms with Crippen molar-refractivity contribution in [3.8, 4) is 0 Å². The number of nitrogens with one attached hydrogen (secondary N) is 3. The first-order chi connectivity index (χ1) is 37.9. The molecular weight excluding hydrogens is 1360 g/mol. The molecule has 9 rings (SSSR count). The molecule has 444 valence electrons. The number of carbonyl (C=O) groups excluding carboxylic acids is 10. The highest BCUT2D eigenvalue weighted by molar-refractivity contribution is 9.11. The maximum atomic E-state index is 12.7. The summed E-state index contributed by atoms with van der Waals surface area (Å²) in [6.07, 6.45) is 2.18. The number of methoxy groups -OCH3 is 2. The van der Waals surface area contributed by atoms with Gasteiger partial charge in [0, 0.05) is 76.6 Å². The minimum absolute atomic E-state index is 0. The highest BCUT2D eigenvalue weighted by Gasteiger charge is 2.41. The predicted octanol–water partition coefficient (Wildman–Crippen LogP) is 10.3. The van der Waals surface area contributed by atoms with Crippen LogP contribution in [0.5, 0.6) is 0 Å². The van der Waals surface area contributed by atoms with Crippen LogP contribution in [0.4, 0.5) is 0 Å². The van der Waals surface area contributed by atoms with E-state index in [1.165, 1.54) is 19.1 Å². The van der Waals surface area contributed by atoms with Gasteiger partial charge >= 0.3 is 11.9 Å². The summed E-state index contributed by atoms with van der Waals surface area (Å²) in [5.74, 6) is -2.74. The average molecular weight is 1430 g/mol. The molecule has 5 heterocycles. The summed E-state index contributed by atoms with van der Waals surface area (Å²) in [4.78, 5) is 119. The summed E-state index contributed by atoms with van der Waals surface area (Å²) >= 11 is 19.3. The number of nitrogens with zero attached hydrogens (tertiary/aromatic N) is 2. The van der Waals surface area contributed by atoms with Gasteiger partial charge in [-0.15, -0.1) is 11.8 Å². The van der Waals surface area contributed by atoms with Gasteiger partial charge in [-0.2, -0.15) is 12.6 Å². The van der Waals surface area contributed by atoms with E-state index in [1.807, 2.05) is 55.5 Å². The Bertz CT molecular complexity index is 3050. The molecule has 3 unspecified atom stereocenters. The highest BCUT2D eigenvalue weighted by Crippen LogP contribution is 2.40. The number of fused-ring (bicyclic) bond motifs is 2. The van der Waals surface area contributed by atoms with Crippen LogP contribution in [-0.4, -0.2) is 111 Å². The number of amides is 8. The smallest absolute Gasteiger partial charge is 0.338 e. The molecule has 5 aliphatic rings. The molecule has 0 bridgehead atoms. The van der Waals surface area contributed by atoms with Crippen molar-refractivity contribution in [1.29, 1.82) is 0 Å². The number of alkyl halides is 1. The Kier molecular flexibility index (Phi) is 27.8. The fourth-order valence-corrected chi connectivity index (χ4v) is 11.6. The van der Waals surface area contributed by atoms with Crippen molar-refractivity contribution in [3.63, 3.8) is 0 Å². The third kappa shape index (κ3) is 20.5. The molecule has 0 saturated carbocycles. The van der Waals surface area contributed by atoms with Crippen molar-refractivity contribution in [2.75, 3.05) is 14.2 Å². The highest BCUT2D eigenvalue weighted by atomic mass is 79.9. The van der Waals surface area contributed by atoms with Crippen LogP contribution >= 0.6 is 88.1 Å². The van der Waals surface area contributed by atoms with Crippen LogP contribution in [0.1, 0.15) is 151 Å². The first-order valence-electron chi connectivity index (χ1n) is 25.3. The summed E-state index contributed by atoms with van der Waals surface area (Å²) in [6.45, 7) is 15.3. The molecule has 8 amide bonds. The van der Waals surface area contributed by atoms with Crippen LogP contribution in [0.2, 0.25) is 0 Å². The third-order valence-electron chi connectivity index (χ3n) is 12.1. The zero-order valence-electron chi connectivity index (χ0n) is 46.3. The van der Waals surface area contributed by atoms with Gasteiger partial charge in [0.05, 0.1) is 31.4 Å². The quantitative estimate of drug-likeness (QED) is 0.0396. The van der Waals surface area contributed by atoms with E-state index in [0.717, 1.165) is 40.6 Å². The number of carbonyl (C=O) groups is 10. The molecule has 24 heteroatoms. The summed E-state index contributed by atoms with van der Waals surface area (Å²) in [6, 6.07) is 20.5. The number of benzene rings is 4. The Morgan fingerprint density at radius 3 is 1.46 bits per heavy atom. The molecule has 3 atom stereocenters. The van der Waals surface area contributed by atoms with E-state index < -0.39 is 18.1 Å². The molecule has 4 aromatic carbocycles. The second-order valence-corrected chi connectivity index (χ2v) is 26.9. The van der Waals surface area contributed by atoms with E-state index in [4.69, 9.17) is 5.73 Å². The summed E-state index contributed by atoms with van der Waals surface area (Å²) in [7, 11) is 2.75. The van der Waals surface area contributed by atoms with E-state index in [9.17, 15) is 47.9 Å². The Morgan fingerprint density at radius 2 is 1.02 bits per heavy atom. The molecule has 4 aromatic rings. The fourth-order valence-electron chi connectivity index (χ4n) is 8.18. The lowest BCUT2D eigenvalue weighted by molar-refractivity contribution is -0.138. The standard InChI is InChI=1S/C17H20N2O3S.C13H11BrN2O3.C9H8Br2O2.C9H9BrO2.C5H8N2O2.C4H10S.CH4/c1-17(2,3)23-13-6-4-5-10-11(13)9-19(16(10)22)12-7-8-14(20)18-15(12)21;14-9-3-1-2-7-8(9)6-16(13(7)19)10-4-5-11(17)15-12(10)18;1-13-9(12)6-3-2-4-8(11)7(6)5-10;1-6-7(9(11)12-2)4-3-5-8(6)10;6-3-1-2-4(8)7-5(3)9;1-4(2,3)5;/h4-6,12H,7-9H2,1-3H3,(H,18,20,21);1-3,10H,4-6H2,(H,15,17,18);2-4H,5H2,1H3;3-5H,1-2H3;3H,1-2,6H2,(H,7,8,9);5H,1-3H3;1H4. The fraction of sp³-hybridized carbons (Fsp3) is 0.414. The van der Waals surface area contributed by atoms with Crippen molar-refractivity contribution >= 4 is 147 Å². The first-order valence-corrected chi connectivity index (χ1v) is 30.1. The monoisotopic (exact) mass is 1420 g/mol. The minimum Gasteiger partial charge on any atom is -0.465 e. The number of rotatable bonds is 6. The van der Waals surface area contributed by atoms with E-state index >= 15 is 0 Å². The van der Waals surface area contributed by atoms with Gasteiger partial charge in [-0.25, -0.2) is 9.59 Å². The molecule has 0 radical (unpaired) electrons. The van der Waals surface area contributed by atoms with E-state index in [0.29, 0.717) is 66.4 Å². The number of halogens is 4. The zero-order chi connectivity index (χ0) is 60.7. The maximum Gasteiger partial charge on any atom is 0.338 e. The van der Waals surface area contributed by atoms with Crippen molar-refractivity contribution in [2.45, 2.75) is 145 Å². The van der Waals surface area contributed by atoms with Crippen LogP contribution in [0.25, 0.3) is 0 Å². The number of hydrogen-bond acceptors (Lipinski definition) is 15. The van der Waals surface area contributed by atoms with Crippen molar-refractivity contribution in [1.82, 2.24) is 25.8 Å². The van der Waals surface area contributed by atoms with Gasteiger partial charge in [-0.3, -0.25) is 54.3 Å². The second-order valence-electron chi connectivity index (χ2n) is 20.6. The summed E-state index contributed by atoms with van der Waals surface area (Å²) in [5, 5.41) is 7.36. The molecule has 3 saturated heterocycles. The third-order valence-corrected chi connectivity index (χ3v) is 16.2. The zero-order valence-corrected chi connectivity index (χ0v) is 54.3. The molecule has 5 N–H and O–H groups in total. The van der Waals surface area contributed by atoms with Gasteiger partial charge in [-0.1, -0.05) is 137 Å². The Labute approximate surface area is 522 Å². The number of thiol groups is 1. The SMILES string of the molecule is C.CC(C)(C)S.CC(C)(C)Sc1cccc2c1CN(C1CCC(=O)NC1=O)C2=O.COC(=O)c1cccc(Br)c1C.COC(=O)c1cccc(Br)c1CBr.NC1CCC(=O)NC1=O.O=C1CCC(N2Cc3c(Br)cccc3C2=O)C(=O)N1. The molecule has 82 heavy (non-hydrogen) atoms. The number of esters is 2. The predicted molar refractivity (Wildman–Crippen MR) is 332 cm³/mol. The number of nitrogens with two attached hydrogens (primary N) is 1. The van der Waals surface area contributed by atoms with Crippen LogP contribution in [0.3, 0.4) is 0 Å². The van der Waals surface area contributed by atoms with Gasteiger partial charge in [-0.05, 0) is 97.0 Å². The van der Waals surface area contributed by atoms with Crippen molar-refractivity contribution in [3.05, 3.63) is 131 Å². The minimum atomic E-state index is -0.555. The Morgan fingerprint density at radius 1 is 0.622 bits per heavy atom. The molecule has 5 aliphatic heterocycles. The van der Waals surface area contributed by atoms with Crippen molar-refractivity contribution in [2.24, 2.45) is 5.73 Å². The molecule has 3 fully saturated rings. The molecule has 0 aromatic heterocycles. The van der Waals surface area contributed by atoms with Gasteiger partial charge in [0.1, 0.15) is 12.1 Å². The van der Waals surface area contributed by atoms with Gasteiger partial charge < -0.3 is 25.0 Å². The molecule has 18 nitrogen and oxygen atoms in total. The summed E-state index contributed by atoms with van der Waals surface area (Å²) < 4.78 is 12.2. The van der Waals surface area contributed by atoms with Gasteiger partial charge in [0.15, 0.2) is 0 Å². The second kappa shape index (κ2) is 32.2. The number of ether oxygens (including phenoxy) is 2. The van der Waals surface area contributed by atoms with Crippen LogP contribution in [0, 0.1) is 6.92 Å². The normalized spacial score (nSPS) is 18.0. The molecule has 0 aliphatic carbocycles. The maximum absolute atomic E-state index is 12.7. The number of imide groups is 3. The number of thioether (sulfide) groups is 1. The van der Waals surface area contributed by atoms with Crippen molar-refractivity contribution < 1.29 is 57.4 Å². The summed E-state index contributed by atoms with van der Waals surface area (Å²) in [5.41, 5.74) is 11.5. The largest absolute Gasteiger partial charge is 0.465 e. The van der Waals surface area contributed by atoms with E-state index in [1.54, 1.807) is 40.9 Å². The van der Waals surface area contributed by atoms with Gasteiger partial charge in [0.25, 0.3) is 11.8 Å². The molecule has 0 spiro atoms. The number of piperidine rings is 3. The van der Waals surface area contributed by atoms with Crippen LogP contribution < -0.4 is 21.7 Å². The lowest BCUT2D eigenvalue weighted by atomic mass is 10.0. The van der Waals surface area contributed by atoms with Crippen LogP contribution in [0.15, 0.2) is 91.1 Å². The lowest BCUT2D eigenvalue weighted by Gasteiger charge is -2.29.